The Balaban J connectivity index is 2.26. The fourth-order valence-corrected chi connectivity index (χ4v) is 2.32. The zero-order chi connectivity index (χ0) is 13.1. The van der Waals surface area contributed by atoms with Crippen molar-refractivity contribution in [2.75, 3.05) is 27.2 Å². The number of hydrogen-bond acceptors (Lipinski definition) is 2. The summed E-state index contributed by atoms with van der Waals surface area (Å²) in [4.78, 5) is 16.3. The van der Waals surface area contributed by atoms with Gasteiger partial charge in [-0.05, 0) is 38.8 Å². The van der Waals surface area contributed by atoms with E-state index in [2.05, 4.69) is 39.8 Å². The normalized spacial score (nSPS) is 21.3. The number of carbonyl (C=O) groups is 1. The van der Waals surface area contributed by atoms with E-state index < -0.39 is 0 Å². The van der Waals surface area contributed by atoms with Gasteiger partial charge in [0, 0.05) is 25.6 Å². The summed E-state index contributed by atoms with van der Waals surface area (Å²) in [7, 11) is 4.19. The molecule has 0 spiro atoms. The van der Waals surface area contributed by atoms with Crippen LogP contribution < -0.4 is 0 Å². The average Bonchev–Trinajstić information content (AvgIpc) is 2.63. The highest BCUT2D eigenvalue weighted by Gasteiger charge is 2.27. The van der Waals surface area contributed by atoms with Crippen LogP contribution in [0.5, 0.6) is 0 Å². The van der Waals surface area contributed by atoms with Crippen LogP contribution in [-0.4, -0.2) is 48.9 Å². The molecule has 1 saturated heterocycles. The van der Waals surface area contributed by atoms with Crippen molar-refractivity contribution in [3.05, 3.63) is 0 Å². The van der Waals surface area contributed by atoms with Gasteiger partial charge in [0.05, 0.1) is 0 Å². The van der Waals surface area contributed by atoms with E-state index in [0.29, 0.717) is 17.4 Å². The quantitative estimate of drug-likeness (QED) is 0.753. The first-order chi connectivity index (χ1) is 7.79. The van der Waals surface area contributed by atoms with E-state index in [9.17, 15) is 4.79 Å². The average molecular weight is 240 g/mol. The van der Waals surface area contributed by atoms with E-state index >= 15 is 0 Å². The third-order valence-electron chi connectivity index (χ3n) is 3.56. The highest BCUT2D eigenvalue weighted by atomic mass is 16.2. The summed E-state index contributed by atoms with van der Waals surface area (Å²) in [5.74, 6) is 0.346. The Labute approximate surface area is 106 Å². The van der Waals surface area contributed by atoms with Crippen molar-refractivity contribution in [3.63, 3.8) is 0 Å². The van der Waals surface area contributed by atoms with E-state index in [0.717, 1.165) is 38.8 Å². The molecule has 1 aliphatic rings. The van der Waals surface area contributed by atoms with E-state index in [1.807, 2.05) is 4.90 Å². The summed E-state index contributed by atoms with van der Waals surface area (Å²) in [6.45, 7) is 8.55. The van der Waals surface area contributed by atoms with Crippen LogP contribution in [0.1, 0.15) is 46.5 Å². The summed E-state index contributed by atoms with van der Waals surface area (Å²) in [5.41, 5.74) is 0.345. The van der Waals surface area contributed by atoms with Crippen LogP contribution >= 0.6 is 0 Å². The van der Waals surface area contributed by atoms with Crippen LogP contribution in [0.2, 0.25) is 0 Å². The lowest BCUT2D eigenvalue weighted by atomic mass is 9.90. The Morgan fingerprint density at radius 3 is 2.47 bits per heavy atom. The van der Waals surface area contributed by atoms with Crippen molar-refractivity contribution in [1.82, 2.24) is 9.80 Å². The molecule has 100 valence electrons. The van der Waals surface area contributed by atoms with Crippen molar-refractivity contribution in [2.24, 2.45) is 5.41 Å². The standard InChI is InChI=1S/C14H28N2O/c1-14(2,3)9-6-7-13(17)16-10-8-12(11-16)15(4)5/h12H,6-11H2,1-5H3. The van der Waals surface area contributed by atoms with Crippen LogP contribution in [0.15, 0.2) is 0 Å². The Kier molecular flexibility index (Phi) is 4.99. The van der Waals surface area contributed by atoms with E-state index in [-0.39, 0.29) is 0 Å². The van der Waals surface area contributed by atoms with Crippen LogP contribution in [0.3, 0.4) is 0 Å². The predicted octanol–water partition coefficient (Wildman–Crippen LogP) is 2.37. The van der Waals surface area contributed by atoms with Gasteiger partial charge in [0.15, 0.2) is 0 Å². The molecule has 1 heterocycles. The largest absolute Gasteiger partial charge is 0.341 e. The molecule has 17 heavy (non-hydrogen) atoms. The molecule has 0 radical (unpaired) electrons. The molecule has 0 aliphatic carbocycles. The predicted molar refractivity (Wildman–Crippen MR) is 72.0 cm³/mol. The van der Waals surface area contributed by atoms with E-state index in [4.69, 9.17) is 0 Å². The van der Waals surface area contributed by atoms with Gasteiger partial charge in [0.25, 0.3) is 0 Å². The van der Waals surface area contributed by atoms with Crippen LogP contribution in [0.25, 0.3) is 0 Å². The number of nitrogens with zero attached hydrogens (tertiary/aromatic N) is 2. The van der Waals surface area contributed by atoms with Gasteiger partial charge >= 0.3 is 0 Å². The maximum absolute atomic E-state index is 12.0. The molecule has 1 atom stereocenters. The monoisotopic (exact) mass is 240 g/mol. The molecule has 1 aliphatic heterocycles. The molecule has 0 aromatic heterocycles. The van der Waals surface area contributed by atoms with Gasteiger partial charge in [-0.2, -0.15) is 0 Å². The summed E-state index contributed by atoms with van der Waals surface area (Å²) in [6.07, 6.45) is 3.99. The fraction of sp³-hybridized carbons (Fsp3) is 0.929. The molecule has 0 aromatic carbocycles. The van der Waals surface area contributed by atoms with Gasteiger partial charge in [-0.1, -0.05) is 20.8 Å². The SMILES string of the molecule is CN(C)C1CCN(C(=O)CCCC(C)(C)C)C1. The maximum Gasteiger partial charge on any atom is 0.222 e. The number of likely N-dealkylation sites (N-methyl/N-ethyl adjacent to an activating group) is 1. The molecule has 0 aromatic rings. The molecule has 1 fully saturated rings. The molecule has 3 nitrogen and oxygen atoms in total. The van der Waals surface area contributed by atoms with Crippen molar-refractivity contribution in [1.29, 1.82) is 0 Å². The summed E-state index contributed by atoms with van der Waals surface area (Å²) >= 11 is 0. The lowest BCUT2D eigenvalue weighted by Gasteiger charge is -2.21. The van der Waals surface area contributed by atoms with Crippen molar-refractivity contribution in [3.8, 4) is 0 Å². The Morgan fingerprint density at radius 1 is 1.35 bits per heavy atom. The third kappa shape index (κ3) is 5.07. The molecular weight excluding hydrogens is 212 g/mol. The first-order valence-electron chi connectivity index (χ1n) is 6.74. The molecule has 0 saturated carbocycles. The Hall–Kier alpha value is -0.570. The van der Waals surface area contributed by atoms with E-state index in [1.165, 1.54) is 0 Å². The molecular formula is C14H28N2O. The van der Waals surface area contributed by atoms with Gasteiger partial charge < -0.3 is 9.80 Å². The van der Waals surface area contributed by atoms with Crippen molar-refractivity contribution >= 4 is 5.91 Å². The molecule has 1 rings (SSSR count). The second kappa shape index (κ2) is 5.85. The first-order valence-corrected chi connectivity index (χ1v) is 6.74. The van der Waals surface area contributed by atoms with Crippen LogP contribution in [0.4, 0.5) is 0 Å². The smallest absolute Gasteiger partial charge is 0.222 e. The zero-order valence-corrected chi connectivity index (χ0v) is 12.1. The highest BCUT2D eigenvalue weighted by Crippen LogP contribution is 2.22. The minimum atomic E-state index is 0.345. The minimum Gasteiger partial charge on any atom is -0.341 e. The van der Waals surface area contributed by atoms with Crippen molar-refractivity contribution < 1.29 is 4.79 Å². The van der Waals surface area contributed by atoms with Gasteiger partial charge in [-0.15, -0.1) is 0 Å². The molecule has 0 N–H and O–H groups in total. The topological polar surface area (TPSA) is 23.6 Å². The number of amides is 1. The third-order valence-corrected chi connectivity index (χ3v) is 3.56. The van der Waals surface area contributed by atoms with Gasteiger partial charge in [-0.25, -0.2) is 0 Å². The van der Waals surface area contributed by atoms with Crippen LogP contribution in [-0.2, 0) is 4.79 Å². The number of likely N-dealkylation sites (tertiary alicyclic amines) is 1. The number of rotatable bonds is 4. The highest BCUT2D eigenvalue weighted by molar-refractivity contribution is 5.76. The zero-order valence-electron chi connectivity index (χ0n) is 12.1. The van der Waals surface area contributed by atoms with Crippen LogP contribution in [0, 0.1) is 5.41 Å². The minimum absolute atomic E-state index is 0.345. The summed E-state index contributed by atoms with van der Waals surface area (Å²) < 4.78 is 0. The lowest BCUT2D eigenvalue weighted by Crippen LogP contribution is -2.34. The summed E-state index contributed by atoms with van der Waals surface area (Å²) in [6, 6.07) is 0.557. The second-order valence-corrected chi connectivity index (χ2v) is 6.66. The molecule has 1 unspecified atom stereocenters. The van der Waals surface area contributed by atoms with Gasteiger partial charge in [-0.3, -0.25) is 4.79 Å². The Morgan fingerprint density at radius 2 is 2.00 bits per heavy atom. The summed E-state index contributed by atoms with van der Waals surface area (Å²) in [5, 5.41) is 0. The second-order valence-electron chi connectivity index (χ2n) is 6.66. The fourth-order valence-electron chi connectivity index (χ4n) is 2.32. The molecule has 3 heteroatoms. The maximum atomic E-state index is 12.0. The number of hydrogen-bond donors (Lipinski definition) is 0. The van der Waals surface area contributed by atoms with E-state index in [1.54, 1.807) is 0 Å². The first kappa shape index (κ1) is 14.5. The number of carbonyl (C=O) groups excluding carboxylic acids is 1. The lowest BCUT2D eigenvalue weighted by molar-refractivity contribution is -0.130. The van der Waals surface area contributed by atoms with Crippen molar-refractivity contribution in [2.45, 2.75) is 52.5 Å². The Bertz CT molecular complexity index is 255. The van der Waals surface area contributed by atoms with Gasteiger partial charge in [0.2, 0.25) is 5.91 Å². The molecule has 1 amide bonds. The van der Waals surface area contributed by atoms with Gasteiger partial charge in [0.1, 0.15) is 0 Å². The molecule has 0 bridgehead atoms.